The van der Waals surface area contributed by atoms with E-state index in [4.69, 9.17) is 0 Å². The quantitative estimate of drug-likeness (QED) is 0.750. The fraction of sp³-hybridized carbons (Fsp3) is 0.474. The van der Waals surface area contributed by atoms with Crippen LogP contribution in [0.25, 0.3) is 11.2 Å². The van der Waals surface area contributed by atoms with Crippen LogP contribution in [0.5, 0.6) is 0 Å². The number of aromatic nitrogens is 4. The molecule has 0 radical (unpaired) electrons. The highest BCUT2D eigenvalue weighted by Gasteiger charge is 2.56. The van der Waals surface area contributed by atoms with Gasteiger partial charge in [-0.2, -0.15) is 0 Å². The maximum absolute atomic E-state index is 12.8. The Hall–Kier alpha value is -2.32. The van der Waals surface area contributed by atoms with Crippen LogP contribution in [0.4, 0.5) is 0 Å². The number of hydrogen-bond acceptors (Lipinski definition) is 6. The summed E-state index contributed by atoms with van der Waals surface area (Å²) in [5.74, 6) is 0.0168. The zero-order valence-electron chi connectivity index (χ0n) is 15.3. The van der Waals surface area contributed by atoms with Gasteiger partial charge < -0.3 is 9.88 Å². The number of piperidine rings is 1. The van der Waals surface area contributed by atoms with Crippen molar-refractivity contribution >= 4 is 28.4 Å². The van der Waals surface area contributed by atoms with Crippen molar-refractivity contribution in [2.45, 2.75) is 31.8 Å². The van der Waals surface area contributed by atoms with Crippen LogP contribution in [-0.4, -0.2) is 61.8 Å². The number of thiazole rings is 1. The van der Waals surface area contributed by atoms with E-state index in [1.54, 1.807) is 23.7 Å². The molecule has 1 aliphatic heterocycles. The number of aromatic amines is 1. The number of rotatable bonds is 4. The van der Waals surface area contributed by atoms with Crippen molar-refractivity contribution in [3.05, 3.63) is 40.7 Å². The molecule has 1 N–H and O–H groups in total. The van der Waals surface area contributed by atoms with Crippen LogP contribution in [0.15, 0.2) is 30.0 Å². The summed E-state index contributed by atoms with van der Waals surface area (Å²) < 4.78 is 0. The van der Waals surface area contributed by atoms with E-state index < -0.39 is 0 Å². The van der Waals surface area contributed by atoms with Crippen molar-refractivity contribution in [3.8, 4) is 0 Å². The van der Waals surface area contributed by atoms with E-state index in [1.165, 1.54) is 11.4 Å². The number of carbonyl (C=O) groups is 1. The van der Waals surface area contributed by atoms with Crippen LogP contribution in [0.2, 0.25) is 0 Å². The molecule has 2 aliphatic rings. The average Bonchev–Trinajstić information content (AvgIpc) is 3.07. The molecular weight excluding hydrogens is 360 g/mol. The predicted octanol–water partition coefficient (Wildman–Crippen LogP) is 2.54. The Morgan fingerprint density at radius 1 is 1.37 bits per heavy atom. The smallest absolute Gasteiger partial charge is 0.272 e. The summed E-state index contributed by atoms with van der Waals surface area (Å²) in [5, 5.41) is 3.21. The molecule has 1 saturated heterocycles. The largest absolute Gasteiger partial charge is 0.343 e. The second-order valence-electron chi connectivity index (χ2n) is 7.69. The van der Waals surface area contributed by atoms with Crippen LogP contribution in [0.1, 0.15) is 34.8 Å². The van der Waals surface area contributed by atoms with E-state index >= 15 is 0 Å². The molecule has 1 atom stereocenters. The van der Waals surface area contributed by atoms with Gasteiger partial charge in [-0.05, 0) is 43.9 Å². The third-order valence-electron chi connectivity index (χ3n) is 6.09. The molecule has 1 amide bonds. The van der Waals surface area contributed by atoms with E-state index in [1.807, 2.05) is 22.5 Å². The molecular formula is C19H22N6OS. The van der Waals surface area contributed by atoms with E-state index in [2.05, 4.69) is 31.9 Å². The van der Waals surface area contributed by atoms with Crippen LogP contribution in [0.3, 0.4) is 0 Å². The zero-order chi connectivity index (χ0) is 18.4. The fourth-order valence-corrected chi connectivity index (χ4v) is 5.08. The first-order chi connectivity index (χ1) is 13.1. The number of nitrogens with one attached hydrogen (secondary N) is 1. The van der Waals surface area contributed by atoms with Crippen LogP contribution >= 0.6 is 11.3 Å². The molecule has 4 heterocycles. The van der Waals surface area contributed by atoms with Crippen molar-refractivity contribution in [2.24, 2.45) is 5.41 Å². The molecule has 1 aliphatic carbocycles. The Morgan fingerprint density at radius 3 is 3.00 bits per heavy atom. The lowest BCUT2D eigenvalue weighted by Crippen LogP contribution is -2.41. The molecule has 27 heavy (non-hydrogen) atoms. The van der Waals surface area contributed by atoms with Gasteiger partial charge in [0.1, 0.15) is 10.7 Å². The predicted molar refractivity (Wildman–Crippen MR) is 103 cm³/mol. The van der Waals surface area contributed by atoms with Gasteiger partial charge in [-0.25, -0.2) is 15.0 Å². The summed E-state index contributed by atoms with van der Waals surface area (Å²) in [6, 6.07) is 4.27. The number of imidazole rings is 1. The minimum Gasteiger partial charge on any atom is -0.343 e. The molecule has 8 heteroatoms. The van der Waals surface area contributed by atoms with Crippen LogP contribution < -0.4 is 0 Å². The third kappa shape index (κ3) is 3.02. The van der Waals surface area contributed by atoms with Gasteiger partial charge in [-0.15, -0.1) is 11.3 Å². The number of H-pyrrole nitrogens is 1. The number of carbonyl (C=O) groups excluding carboxylic acids is 1. The number of pyridine rings is 1. The van der Waals surface area contributed by atoms with Gasteiger partial charge in [0, 0.05) is 30.7 Å². The number of nitrogens with zero attached hydrogens (tertiary/aromatic N) is 5. The lowest BCUT2D eigenvalue weighted by Gasteiger charge is -2.34. The summed E-state index contributed by atoms with van der Waals surface area (Å²) in [6.07, 6.45) is 6.84. The number of hydrogen-bond donors (Lipinski definition) is 1. The summed E-state index contributed by atoms with van der Waals surface area (Å²) in [5.41, 5.74) is 2.31. The molecule has 3 aromatic heterocycles. The van der Waals surface area contributed by atoms with Crippen LogP contribution in [0, 0.1) is 5.41 Å². The minimum absolute atomic E-state index is 0.0168. The molecule has 0 aromatic carbocycles. The van der Waals surface area contributed by atoms with E-state index in [0.717, 1.165) is 38.0 Å². The maximum atomic E-state index is 12.8. The number of amides is 1. The molecule has 1 saturated carbocycles. The molecule has 5 rings (SSSR count). The van der Waals surface area contributed by atoms with E-state index in [-0.39, 0.29) is 5.91 Å². The topological polar surface area (TPSA) is 78.0 Å². The summed E-state index contributed by atoms with van der Waals surface area (Å²) in [6.45, 7) is 2.53. The number of fused-ring (bicyclic) bond motifs is 1. The first-order valence-corrected chi connectivity index (χ1v) is 10.2. The highest BCUT2D eigenvalue weighted by atomic mass is 32.1. The van der Waals surface area contributed by atoms with Crippen molar-refractivity contribution < 1.29 is 4.79 Å². The lowest BCUT2D eigenvalue weighted by molar-refractivity contribution is 0.0652. The molecule has 1 spiro atoms. The van der Waals surface area contributed by atoms with Gasteiger partial charge in [0.05, 0.1) is 18.4 Å². The van der Waals surface area contributed by atoms with Gasteiger partial charge in [0.2, 0.25) is 0 Å². The van der Waals surface area contributed by atoms with Gasteiger partial charge in [0.15, 0.2) is 5.65 Å². The maximum Gasteiger partial charge on any atom is 0.272 e. The summed E-state index contributed by atoms with van der Waals surface area (Å²) in [7, 11) is 2.20. The monoisotopic (exact) mass is 382 g/mol. The van der Waals surface area contributed by atoms with Gasteiger partial charge in [-0.3, -0.25) is 9.69 Å². The molecule has 140 valence electrons. The SMILES string of the molecule is CN(Cc1nccs1)C1CC12CCN(C(=O)c1ccc3[nH]cnc3n1)CC2. The van der Waals surface area contributed by atoms with Gasteiger partial charge >= 0.3 is 0 Å². The number of likely N-dealkylation sites (tertiary alicyclic amines) is 1. The fourth-order valence-electron chi connectivity index (χ4n) is 4.40. The highest BCUT2D eigenvalue weighted by Crippen LogP contribution is 2.56. The average molecular weight is 382 g/mol. The van der Waals surface area contributed by atoms with E-state index in [0.29, 0.717) is 22.8 Å². The normalized spacial score (nSPS) is 21.3. The summed E-state index contributed by atoms with van der Waals surface area (Å²) in [4.78, 5) is 33.2. The standard InChI is InChI=1S/C19H22N6OS/c1-24(11-16-20-6-9-27-16)15-10-19(15)4-7-25(8-5-19)18(26)14-3-2-13-17(23-14)22-12-21-13/h2-3,6,9,12,15H,4-5,7-8,10-11H2,1H3,(H,21,22,23). The zero-order valence-corrected chi connectivity index (χ0v) is 16.1. The Balaban J connectivity index is 1.21. The molecule has 3 aromatic rings. The van der Waals surface area contributed by atoms with Crippen molar-refractivity contribution in [3.63, 3.8) is 0 Å². The third-order valence-corrected chi connectivity index (χ3v) is 6.86. The first-order valence-electron chi connectivity index (χ1n) is 9.33. The first kappa shape index (κ1) is 16.8. The molecule has 7 nitrogen and oxygen atoms in total. The van der Waals surface area contributed by atoms with Crippen LogP contribution in [-0.2, 0) is 6.54 Å². The Labute approximate surface area is 161 Å². The van der Waals surface area contributed by atoms with E-state index in [9.17, 15) is 4.79 Å². The Kier molecular flexibility index (Phi) is 3.98. The van der Waals surface area contributed by atoms with Crippen molar-refractivity contribution in [1.29, 1.82) is 0 Å². The Bertz CT molecular complexity index is 960. The molecule has 1 unspecified atom stereocenters. The van der Waals surface area contributed by atoms with Gasteiger partial charge in [0.25, 0.3) is 5.91 Å². The Morgan fingerprint density at radius 2 is 2.22 bits per heavy atom. The second kappa shape index (κ2) is 6.38. The van der Waals surface area contributed by atoms with Crippen molar-refractivity contribution in [1.82, 2.24) is 29.7 Å². The lowest BCUT2D eigenvalue weighted by atomic mass is 9.92. The second-order valence-corrected chi connectivity index (χ2v) is 8.66. The minimum atomic E-state index is 0.0168. The molecule has 0 bridgehead atoms. The highest BCUT2D eigenvalue weighted by molar-refractivity contribution is 7.09. The van der Waals surface area contributed by atoms with Gasteiger partial charge in [-0.1, -0.05) is 0 Å². The molecule has 2 fully saturated rings. The summed E-state index contributed by atoms with van der Waals surface area (Å²) >= 11 is 1.71. The van der Waals surface area contributed by atoms with Crippen molar-refractivity contribution in [2.75, 3.05) is 20.1 Å².